The summed E-state index contributed by atoms with van der Waals surface area (Å²) in [6.45, 7) is 4.47. The van der Waals surface area contributed by atoms with Crippen LogP contribution in [0.25, 0.3) is 5.65 Å². The van der Waals surface area contributed by atoms with E-state index in [1.807, 2.05) is 29.5 Å². The van der Waals surface area contributed by atoms with Crippen LogP contribution in [0.5, 0.6) is 0 Å². The third-order valence-corrected chi connectivity index (χ3v) is 4.53. The topological polar surface area (TPSA) is 53.7 Å². The Kier molecular flexibility index (Phi) is 3.83. The third-order valence-electron chi connectivity index (χ3n) is 4.53. The molecule has 1 aliphatic heterocycles. The number of carbonyl (C=O) groups excluding carboxylic acids is 1. The Morgan fingerprint density at radius 1 is 1.04 bits per heavy atom. The Morgan fingerprint density at radius 2 is 1.80 bits per heavy atom. The largest absolute Gasteiger partial charge is 0.337 e. The first-order valence-corrected chi connectivity index (χ1v) is 8.24. The number of piperazine rings is 1. The van der Waals surface area contributed by atoms with Gasteiger partial charge in [0.1, 0.15) is 5.82 Å². The van der Waals surface area contributed by atoms with Crippen LogP contribution >= 0.6 is 0 Å². The number of fused-ring (bicyclic) bond motifs is 1. The summed E-state index contributed by atoms with van der Waals surface area (Å²) >= 11 is 0. The summed E-state index contributed by atoms with van der Waals surface area (Å²) in [4.78, 5) is 16.4. The molecule has 0 radical (unpaired) electrons. The highest BCUT2D eigenvalue weighted by Crippen LogP contribution is 2.18. The molecule has 3 aromatic rings. The fourth-order valence-electron chi connectivity index (χ4n) is 3.20. The number of amides is 1. The lowest BCUT2D eigenvalue weighted by Gasteiger charge is -2.34. The van der Waals surface area contributed by atoms with Gasteiger partial charge in [0.2, 0.25) is 5.95 Å². The maximum atomic E-state index is 13.3. The van der Waals surface area contributed by atoms with E-state index >= 15 is 0 Å². The number of aromatic nitrogens is 3. The zero-order valence-electron chi connectivity index (χ0n) is 13.9. The van der Waals surface area contributed by atoms with Crippen LogP contribution in [0.2, 0.25) is 0 Å². The van der Waals surface area contributed by atoms with E-state index in [0.717, 1.165) is 17.3 Å². The quantitative estimate of drug-likeness (QED) is 0.718. The van der Waals surface area contributed by atoms with Crippen LogP contribution < -0.4 is 4.90 Å². The molecule has 1 aliphatic rings. The van der Waals surface area contributed by atoms with Crippen LogP contribution in [0.3, 0.4) is 0 Å². The van der Waals surface area contributed by atoms with E-state index in [2.05, 4.69) is 15.1 Å². The SMILES string of the molecule is Cc1cccc2nnc(N3CCN(C(=O)c4cccc(F)c4)CC3)n12. The lowest BCUT2D eigenvalue weighted by molar-refractivity contribution is 0.0745. The summed E-state index contributed by atoms with van der Waals surface area (Å²) in [5.41, 5.74) is 2.27. The van der Waals surface area contributed by atoms with Crippen LogP contribution in [-0.4, -0.2) is 51.6 Å². The standard InChI is InChI=1S/C18H18FN5O/c1-13-4-2-7-16-20-21-18(24(13)16)23-10-8-22(9-11-23)17(25)14-5-3-6-15(19)12-14/h2-7,12H,8-11H2,1H3. The number of pyridine rings is 1. The number of nitrogens with zero attached hydrogens (tertiary/aromatic N) is 5. The van der Waals surface area contributed by atoms with E-state index in [0.29, 0.717) is 31.7 Å². The normalized spacial score (nSPS) is 15.0. The molecule has 1 aromatic carbocycles. The van der Waals surface area contributed by atoms with Crippen LogP contribution in [0.1, 0.15) is 16.1 Å². The average molecular weight is 339 g/mol. The minimum Gasteiger partial charge on any atom is -0.337 e. The summed E-state index contributed by atoms with van der Waals surface area (Å²) in [6.07, 6.45) is 0. The molecule has 3 heterocycles. The molecule has 0 aliphatic carbocycles. The molecule has 1 saturated heterocycles. The molecule has 0 unspecified atom stereocenters. The first kappa shape index (κ1) is 15.6. The summed E-state index contributed by atoms with van der Waals surface area (Å²) in [5, 5.41) is 8.52. The summed E-state index contributed by atoms with van der Waals surface area (Å²) in [7, 11) is 0. The van der Waals surface area contributed by atoms with Crippen molar-refractivity contribution in [3.8, 4) is 0 Å². The number of aryl methyl sites for hydroxylation is 1. The van der Waals surface area contributed by atoms with E-state index in [-0.39, 0.29) is 5.91 Å². The molecule has 1 fully saturated rings. The maximum absolute atomic E-state index is 13.3. The van der Waals surface area contributed by atoms with Gasteiger partial charge >= 0.3 is 0 Å². The highest BCUT2D eigenvalue weighted by Gasteiger charge is 2.25. The van der Waals surface area contributed by atoms with Gasteiger partial charge in [0.05, 0.1) is 0 Å². The Labute approximate surface area is 144 Å². The average Bonchev–Trinajstić information content (AvgIpc) is 3.07. The van der Waals surface area contributed by atoms with E-state index in [1.54, 1.807) is 17.0 Å². The van der Waals surface area contributed by atoms with Gasteiger partial charge in [-0.05, 0) is 37.3 Å². The van der Waals surface area contributed by atoms with E-state index in [1.165, 1.54) is 12.1 Å². The van der Waals surface area contributed by atoms with Crippen molar-refractivity contribution in [1.29, 1.82) is 0 Å². The molecule has 25 heavy (non-hydrogen) atoms. The smallest absolute Gasteiger partial charge is 0.254 e. The number of hydrogen-bond acceptors (Lipinski definition) is 4. The highest BCUT2D eigenvalue weighted by atomic mass is 19.1. The molecule has 0 bridgehead atoms. The number of hydrogen-bond donors (Lipinski definition) is 0. The van der Waals surface area contributed by atoms with Crippen LogP contribution in [0.4, 0.5) is 10.3 Å². The van der Waals surface area contributed by atoms with Crippen molar-refractivity contribution in [3.63, 3.8) is 0 Å². The molecule has 128 valence electrons. The number of anilines is 1. The first-order valence-electron chi connectivity index (χ1n) is 8.24. The van der Waals surface area contributed by atoms with Crippen molar-refractivity contribution in [3.05, 3.63) is 59.5 Å². The molecule has 0 N–H and O–H groups in total. The van der Waals surface area contributed by atoms with Gasteiger partial charge in [-0.3, -0.25) is 9.20 Å². The molecule has 0 spiro atoms. The lowest BCUT2D eigenvalue weighted by atomic mass is 10.2. The third kappa shape index (κ3) is 2.82. The maximum Gasteiger partial charge on any atom is 0.254 e. The molecule has 1 amide bonds. The van der Waals surface area contributed by atoms with Gasteiger partial charge in [-0.1, -0.05) is 12.1 Å². The van der Waals surface area contributed by atoms with Crippen LogP contribution in [-0.2, 0) is 0 Å². The van der Waals surface area contributed by atoms with Crippen molar-refractivity contribution in [2.75, 3.05) is 31.1 Å². The van der Waals surface area contributed by atoms with Crippen molar-refractivity contribution in [2.24, 2.45) is 0 Å². The molecule has 7 heteroatoms. The predicted octanol–water partition coefficient (Wildman–Crippen LogP) is 2.14. The Hall–Kier alpha value is -2.96. The van der Waals surface area contributed by atoms with E-state index in [4.69, 9.17) is 0 Å². The second-order valence-corrected chi connectivity index (χ2v) is 6.15. The fourth-order valence-corrected chi connectivity index (χ4v) is 3.20. The zero-order valence-corrected chi connectivity index (χ0v) is 13.9. The molecule has 0 saturated carbocycles. The molecule has 0 atom stereocenters. The Morgan fingerprint density at radius 3 is 2.56 bits per heavy atom. The van der Waals surface area contributed by atoms with Gasteiger partial charge in [0.25, 0.3) is 5.91 Å². The van der Waals surface area contributed by atoms with Crippen molar-refractivity contribution in [2.45, 2.75) is 6.92 Å². The fraction of sp³-hybridized carbons (Fsp3) is 0.278. The van der Waals surface area contributed by atoms with Gasteiger partial charge in [-0.25, -0.2) is 4.39 Å². The first-order chi connectivity index (χ1) is 12.1. The molecule has 6 nitrogen and oxygen atoms in total. The minimum absolute atomic E-state index is 0.138. The highest BCUT2D eigenvalue weighted by molar-refractivity contribution is 5.94. The second-order valence-electron chi connectivity index (χ2n) is 6.15. The lowest BCUT2D eigenvalue weighted by Crippen LogP contribution is -2.49. The number of rotatable bonds is 2. The number of halogens is 1. The van der Waals surface area contributed by atoms with Crippen LogP contribution in [0, 0.1) is 12.7 Å². The number of benzene rings is 1. The van der Waals surface area contributed by atoms with Gasteiger partial charge in [-0.15, -0.1) is 10.2 Å². The minimum atomic E-state index is -0.394. The summed E-state index contributed by atoms with van der Waals surface area (Å²) in [6, 6.07) is 11.7. The van der Waals surface area contributed by atoms with Crippen molar-refractivity contribution in [1.82, 2.24) is 19.5 Å². The van der Waals surface area contributed by atoms with Crippen molar-refractivity contribution < 1.29 is 9.18 Å². The molecule has 2 aromatic heterocycles. The Bertz CT molecular complexity index is 930. The number of carbonyl (C=O) groups is 1. The summed E-state index contributed by atoms with van der Waals surface area (Å²) in [5.74, 6) is 0.266. The molecular formula is C18H18FN5O. The van der Waals surface area contributed by atoms with Gasteiger partial charge < -0.3 is 9.80 Å². The monoisotopic (exact) mass is 339 g/mol. The van der Waals surface area contributed by atoms with Crippen LogP contribution in [0.15, 0.2) is 42.5 Å². The van der Waals surface area contributed by atoms with Crippen molar-refractivity contribution >= 4 is 17.5 Å². The van der Waals surface area contributed by atoms with E-state index in [9.17, 15) is 9.18 Å². The second kappa shape index (κ2) is 6.16. The summed E-state index contributed by atoms with van der Waals surface area (Å²) < 4.78 is 15.3. The zero-order chi connectivity index (χ0) is 17.4. The van der Waals surface area contributed by atoms with Gasteiger partial charge in [0, 0.05) is 37.4 Å². The molecule has 4 rings (SSSR count). The van der Waals surface area contributed by atoms with E-state index < -0.39 is 5.82 Å². The van der Waals surface area contributed by atoms with Gasteiger partial charge in [-0.2, -0.15) is 0 Å². The predicted molar refractivity (Wildman–Crippen MR) is 92.2 cm³/mol. The molecular weight excluding hydrogens is 321 g/mol. The Balaban J connectivity index is 1.50. The van der Waals surface area contributed by atoms with Gasteiger partial charge in [0.15, 0.2) is 5.65 Å².